The maximum Gasteiger partial charge on any atom is 0.158 e. The number of hydrogen-bond acceptors (Lipinski definition) is 4. The van der Waals surface area contributed by atoms with Crippen LogP contribution in [0, 0.1) is 5.82 Å². The summed E-state index contributed by atoms with van der Waals surface area (Å²) in [5.41, 5.74) is 1.38. The highest BCUT2D eigenvalue weighted by Gasteiger charge is 2.13. The van der Waals surface area contributed by atoms with Crippen molar-refractivity contribution >= 4 is 31.4 Å². The van der Waals surface area contributed by atoms with E-state index in [1.54, 1.807) is 21.6 Å². The van der Waals surface area contributed by atoms with Gasteiger partial charge in [-0.05, 0) is 41.6 Å². The quantitative estimate of drug-likeness (QED) is 0.733. The van der Waals surface area contributed by atoms with Gasteiger partial charge in [-0.3, -0.25) is 0 Å². The lowest BCUT2D eigenvalue weighted by Crippen LogP contribution is -2.07. The van der Waals surface area contributed by atoms with Crippen LogP contribution in [0.15, 0.2) is 53.4 Å². The summed E-state index contributed by atoms with van der Waals surface area (Å²) in [6.07, 6.45) is 1.97. The molecule has 2 aromatic carbocycles. The summed E-state index contributed by atoms with van der Waals surface area (Å²) < 4.78 is 37.3. The summed E-state index contributed by atoms with van der Waals surface area (Å²) >= 11 is 0. The maximum absolute atomic E-state index is 12.8. The Bertz CT molecular complexity index is 697. The molecule has 2 rings (SSSR count). The highest BCUT2D eigenvalue weighted by Crippen LogP contribution is 2.29. The number of halogens is 1. The van der Waals surface area contributed by atoms with Gasteiger partial charge in [0.15, 0.2) is 9.84 Å². The van der Waals surface area contributed by atoms with Crippen LogP contribution in [0.3, 0.4) is 0 Å². The van der Waals surface area contributed by atoms with Crippen molar-refractivity contribution in [3.8, 4) is 0 Å². The average Bonchev–Trinajstić information content (AvgIpc) is 2.41. The minimum atomic E-state index is -3.27. The van der Waals surface area contributed by atoms with Crippen LogP contribution in [0.1, 0.15) is 11.1 Å². The Morgan fingerprint density at radius 3 is 2.33 bits per heavy atom. The van der Waals surface area contributed by atoms with Crippen LogP contribution in [-0.2, 0) is 21.3 Å². The molecular formula is C15H15FO2S3. The van der Waals surface area contributed by atoms with Gasteiger partial charge in [-0.1, -0.05) is 45.9 Å². The molecule has 2 nitrogen and oxygen atoms in total. The first kappa shape index (κ1) is 16.4. The lowest BCUT2D eigenvalue weighted by molar-refractivity contribution is 0.594. The molecule has 0 saturated heterocycles. The summed E-state index contributed by atoms with van der Waals surface area (Å²) in [4.78, 5) is 1.04. The van der Waals surface area contributed by atoms with E-state index < -0.39 is 9.84 Å². The molecule has 0 heterocycles. The van der Waals surface area contributed by atoms with E-state index in [0.717, 1.165) is 10.5 Å². The van der Waals surface area contributed by atoms with E-state index >= 15 is 0 Å². The first-order valence-electron chi connectivity index (χ1n) is 6.23. The predicted molar refractivity (Wildman–Crippen MR) is 88.5 cm³/mol. The van der Waals surface area contributed by atoms with Crippen molar-refractivity contribution < 1.29 is 12.8 Å². The van der Waals surface area contributed by atoms with Crippen LogP contribution in [0.5, 0.6) is 0 Å². The Morgan fingerprint density at radius 1 is 1.00 bits per heavy atom. The highest BCUT2D eigenvalue weighted by atomic mass is 33.1. The molecule has 6 heteroatoms. The summed E-state index contributed by atoms with van der Waals surface area (Å²) in [7, 11) is -0.0525. The van der Waals surface area contributed by atoms with Crippen molar-refractivity contribution in [1.82, 2.24) is 0 Å². The topological polar surface area (TPSA) is 34.1 Å². The molecule has 112 valence electrons. The van der Waals surface area contributed by atoms with Gasteiger partial charge in [0.2, 0.25) is 0 Å². The Morgan fingerprint density at radius 2 is 1.67 bits per heavy atom. The smallest absolute Gasteiger partial charge is 0.158 e. The van der Waals surface area contributed by atoms with Gasteiger partial charge in [-0.25, -0.2) is 12.8 Å². The van der Waals surface area contributed by atoms with E-state index in [-0.39, 0.29) is 17.3 Å². The lowest BCUT2D eigenvalue weighted by Gasteiger charge is -2.06. The fraction of sp³-hybridized carbons (Fsp3) is 0.200. The molecule has 0 aliphatic carbocycles. The molecule has 0 aromatic heterocycles. The first-order chi connectivity index (χ1) is 9.98. The second-order valence-corrected chi connectivity index (χ2v) is 9.09. The molecule has 0 amide bonds. The van der Waals surface area contributed by atoms with E-state index in [0.29, 0.717) is 5.56 Å². The van der Waals surface area contributed by atoms with Gasteiger partial charge in [0.05, 0.1) is 11.5 Å². The van der Waals surface area contributed by atoms with Crippen LogP contribution in [0.2, 0.25) is 0 Å². The van der Waals surface area contributed by atoms with E-state index in [1.807, 2.05) is 30.5 Å². The molecule has 0 aliphatic rings. The summed E-state index contributed by atoms with van der Waals surface area (Å²) in [5.74, 6) is -0.446. The van der Waals surface area contributed by atoms with Crippen LogP contribution in [0.4, 0.5) is 4.39 Å². The van der Waals surface area contributed by atoms with Gasteiger partial charge >= 0.3 is 0 Å². The van der Waals surface area contributed by atoms with Gasteiger partial charge in [-0.15, -0.1) is 0 Å². The molecule has 0 atom stereocenters. The zero-order valence-electron chi connectivity index (χ0n) is 11.5. The minimum Gasteiger partial charge on any atom is -0.228 e. The average molecular weight is 342 g/mol. The van der Waals surface area contributed by atoms with Gasteiger partial charge in [-0.2, -0.15) is 0 Å². The van der Waals surface area contributed by atoms with Crippen molar-refractivity contribution in [3.05, 3.63) is 65.5 Å². The first-order valence-corrected chi connectivity index (χ1v) is 10.6. The maximum atomic E-state index is 12.8. The van der Waals surface area contributed by atoms with Gasteiger partial charge in [0.25, 0.3) is 0 Å². The number of hydrogen-bond donors (Lipinski definition) is 0. The van der Waals surface area contributed by atoms with Crippen molar-refractivity contribution in [2.75, 3.05) is 6.26 Å². The molecule has 0 fully saturated rings. The molecular weight excluding hydrogens is 327 g/mol. The fourth-order valence-electron chi connectivity index (χ4n) is 1.92. The summed E-state index contributed by atoms with van der Waals surface area (Å²) in [5, 5.41) is 0. The Labute approximate surface area is 132 Å². The molecule has 2 aromatic rings. The number of sulfone groups is 1. The third-order valence-corrected chi connectivity index (χ3v) is 6.00. The summed E-state index contributed by atoms with van der Waals surface area (Å²) in [6.45, 7) is 0. The Kier molecular flexibility index (Phi) is 5.72. The largest absolute Gasteiger partial charge is 0.228 e. The zero-order valence-corrected chi connectivity index (χ0v) is 13.9. The van der Waals surface area contributed by atoms with Crippen molar-refractivity contribution in [2.45, 2.75) is 16.4 Å². The molecule has 0 bridgehead atoms. The predicted octanol–water partition coefficient (Wildman–Crippen LogP) is 4.31. The lowest BCUT2D eigenvalue weighted by atomic mass is 10.2. The van der Waals surface area contributed by atoms with Crippen LogP contribution < -0.4 is 0 Å². The zero-order chi connectivity index (χ0) is 15.3. The third-order valence-electron chi connectivity index (χ3n) is 2.76. The number of rotatable bonds is 6. The van der Waals surface area contributed by atoms with Gasteiger partial charge in [0, 0.05) is 4.90 Å². The van der Waals surface area contributed by atoms with Crippen LogP contribution in [-0.4, -0.2) is 14.7 Å². The van der Waals surface area contributed by atoms with Crippen molar-refractivity contribution in [1.29, 1.82) is 0 Å². The number of benzene rings is 2. The molecule has 0 spiro atoms. The van der Waals surface area contributed by atoms with Crippen LogP contribution in [0.25, 0.3) is 0 Å². The third kappa shape index (κ3) is 5.37. The Hall–Kier alpha value is -0.980. The normalized spacial score (nSPS) is 11.5. The molecule has 0 radical (unpaired) electrons. The second-order valence-electron chi connectivity index (χ2n) is 4.56. The fourth-order valence-corrected chi connectivity index (χ4v) is 4.83. The monoisotopic (exact) mass is 342 g/mol. The summed E-state index contributed by atoms with van der Waals surface area (Å²) in [6, 6.07) is 13.1. The SMILES string of the molecule is CSSc1cccc(CS(=O)(=O)Cc2ccc(F)cc2)c1. The highest BCUT2D eigenvalue weighted by molar-refractivity contribution is 8.76. The molecule has 0 unspecified atom stereocenters. The molecule has 0 saturated carbocycles. The van der Waals surface area contributed by atoms with E-state index in [2.05, 4.69) is 0 Å². The van der Waals surface area contributed by atoms with Crippen LogP contribution >= 0.6 is 21.6 Å². The standard InChI is InChI=1S/C15H15FO2S3/c1-19-20-15-4-2-3-13(9-15)11-21(17,18)10-12-5-7-14(16)8-6-12/h2-9H,10-11H2,1H3. The molecule has 0 N–H and O–H groups in total. The van der Waals surface area contributed by atoms with E-state index in [4.69, 9.17) is 0 Å². The molecule has 0 aliphatic heterocycles. The Balaban J connectivity index is 2.10. The van der Waals surface area contributed by atoms with Crippen molar-refractivity contribution in [3.63, 3.8) is 0 Å². The van der Waals surface area contributed by atoms with E-state index in [9.17, 15) is 12.8 Å². The second kappa shape index (κ2) is 7.33. The van der Waals surface area contributed by atoms with Gasteiger partial charge < -0.3 is 0 Å². The van der Waals surface area contributed by atoms with Gasteiger partial charge in [0.1, 0.15) is 5.82 Å². The minimum absolute atomic E-state index is 0.00679. The van der Waals surface area contributed by atoms with Crippen molar-refractivity contribution in [2.24, 2.45) is 0 Å². The van der Waals surface area contributed by atoms with E-state index in [1.165, 1.54) is 24.3 Å². The molecule has 21 heavy (non-hydrogen) atoms.